The van der Waals surface area contributed by atoms with Crippen molar-refractivity contribution in [1.82, 2.24) is 10.2 Å². The molecule has 1 aliphatic heterocycles. The summed E-state index contributed by atoms with van der Waals surface area (Å²) >= 11 is 0. The number of methoxy groups -OCH3 is 1. The van der Waals surface area contributed by atoms with Crippen molar-refractivity contribution in [1.29, 1.82) is 0 Å². The van der Waals surface area contributed by atoms with E-state index in [4.69, 9.17) is 9.47 Å². The van der Waals surface area contributed by atoms with Gasteiger partial charge < -0.3 is 19.7 Å². The quantitative estimate of drug-likeness (QED) is 0.434. The van der Waals surface area contributed by atoms with E-state index in [0.717, 1.165) is 16.7 Å². The van der Waals surface area contributed by atoms with Crippen LogP contribution in [0.5, 0.6) is 5.75 Å². The molecule has 0 spiro atoms. The number of ether oxygens (including phenoxy) is 2. The fourth-order valence-corrected chi connectivity index (χ4v) is 6.26. The smallest absolute Gasteiger partial charge is 0.321 e. The number of esters is 1. The summed E-state index contributed by atoms with van der Waals surface area (Å²) in [6.45, 7) is 3.24. The first kappa shape index (κ1) is 27.4. The summed E-state index contributed by atoms with van der Waals surface area (Å²) in [6.07, 6.45) is 2.40. The van der Waals surface area contributed by atoms with E-state index < -0.39 is 5.41 Å². The van der Waals surface area contributed by atoms with Gasteiger partial charge >= 0.3 is 5.97 Å². The SMILES string of the molecule is CCOC(=O)C1(c2ccccc2)CCC(C(=O)N2CCC(NC(=O)c3ccccc3OC)CC2)c2ccccc21. The molecule has 1 N–H and O–H groups in total. The molecule has 0 aromatic heterocycles. The van der Waals surface area contributed by atoms with Crippen molar-refractivity contribution in [3.8, 4) is 5.75 Å². The Kier molecular flexibility index (Phi) is 8.19. The van der Waals surface area contributed by atoms with E-state index in [0.29, 0.717) is 56.7 Å². The van der Waals surface area contributed by atoms with Gasteiger partial charge in [-0.2, -0.15) is 0 Å². The average molecular weight is 541 g/mol. The lowest BCUT2D eigenvalue weighted by Crippen LogP contribution is -2.49. The van der Waals surface area contributed by atoms with Crippen LogP contribution < -0.4 is 10.1 Å². The monoisotopic (exact) mass is 540 g/mol. The number of hydrogen-bond acceptors (Lipinski definition) is 5. The maximum Gasteiger partial charge on any atom is 0.321 e. The van der Waals surface area contributed by atoms with Gasteiger partial charge in [0, 0.05) is 19.1 Å². The third kappa shape index (κ3) is 5.08. The highest BCUT2D eigenvalue weighted by atomic mass is 16.5. The van der Waals surface area contributed by atoms with Gasteiger partial charge in [-0.25, -0.2) is 0 Å². The number of likely N-dealkylation sites (tertiary alicyclic amines) is 1. The average Bonchev–Trinajstić information content (AvgIpc) is 3.01. The molecule has 2 atom stereocenters. The molecule has 40 heavy (non-hydrogen) atoms. The van der Waals surface area contributed by atoms with Crippen molar-refractivity contribution >= 4 is 17.8 Å². The largest absolute Gasteiger partial charge is 0.496 e. The van der Waals surface area contributed by atoms with Gasteiger partial charge in [0.2, 0.25) is 5.91 Å². The summed E-state index contributed by atoms with van der Waals surface area (Å²) in [5.41, 5.74) is 2.19. The lowest BCUT2D eigenvalue weighted by molar-refractivity contribution is -0.149. The maximum atomic E-state index is 13.9. The summed E-state index contributed by atoms with van der Waals surface area (Å²) in [5.74, 6) is -0.154. The van der Waals surface area contributed by atoms with Crippen molar-refractivity contribution in [3.05, 3.63) is 101 Å². The molecule has 2 unspecified atom stereocenters. The number of hydrogen-bond donors (Lipinski definition) is 1. The van der Waals surface area contributed by atoms with Gasteiger partial charge in [0.25, 0.3) is 5.91 Å². The van der Waals surface area contributed by atoms with Crippen molar-refractivity contribution in [2.24, 2.45) is 0 Å². The van der Waals surface area contributed by atoms with Gasteiger partial charge in [-0.1, -0.05) is 66.7 Å². The second kappa shape index (κ2) is 11.9. The summed E-state index contributed by atoms with van der Waals surface area (Å²) in [4.78, 5) is 42.2. The molecule has 0 saturated carbocycles. The Bertz CT molecular complexity index is 1370. The predicted octanol–water partition coefficient (Wildman–Crippen LogP) is 4.84. The first-order valence-corrected chi connectivity index (χ1v) is 14.0. The minimum Gasteiger partial charge on any atom is -0.496 e. The highest BCUT2D eigenvalue weighted by Gasteiger charge is 2.50. The van der Waals surface area contributed by atoms with E-state index in [9.17, 15) is 14.4 Å². The number of carbonyl (C=O) groups excluding carboxylic acids is 3. The molecule has 1 aliphatic carbocycles. The second-order valence-electron chi connectivity index (χ2n) is 10.4. The van der Waals surface area contributed by atoms with Crippen molar-refractivity contribution in [2.45, 2.75) is 50.0 Å². The minimum absolute atomic E-state index is 0.0188. The Hall–Kier alpha value is -4.13. The van der Waals surface area contributed by atoms with Crippen LogP contribution in [0.15, 0.2) is 78.9 Å². The number of carbonyl (C=O) groups is 3. The molecule has 5 rings (SSSR count). The van der Waals surface area contributed by atoms with Crippen molar-refractivity contribution in [2.75, 3.05) is 26.8 Å². The molecule has 208 valence electrons. The molecule has 0 radical (unpaired) electrons. The van der Waals surface area contributed by atoms with Crippen LogP contribution in [0.4, 0.5) is 0 Å². The van der Waals surface area contributed by atoms with E-state index in [1.165, 1.54) is 0 Å². The molecule has 1 heterocycles. The minimum atomic E-state index is -0.944. The fourth-order valence-electron chi connectivity index (χ4n) is 6.26. The van der Waals surface area contributed by atoms with Crippen LogP contribution in [-0.2, 0) is 19.7 Å². The number of amides is 2. The van der Waals surface area contributed by atoms with Crippen molar-refractivity contribution in [3.63, 3.8) is 0 Å². The van der Waals surface area contributed by atoms with Gasteiger partial charge in [-0.05, 0) is 61.4 Å². The van der Waals surface area contributed by atoms with E-state index >= 15 is 0 Å². The Labute approximate surface area is 235 Å². The lowest BCUT2D eigenvalue weighted by Gasteiger charge is -2.42. The molecule has 1 saturated heterocycles. The maximum absolute atomic E-state index is 13.9. The van der Waals surface area contributed by atoms with Gasteiger partial charge in [0.05, 0.1) is 25.2 Å². The molecule has 3 aromatic rings. The summed E-state index contributed by atoms with van der Waals surface area (Å²) < 4.78 is 10.9. The third-order valence-corrected chi connectivity index (χ3v) is 8.29. The van der Waals surface area contributed by atoms with Gasteiger partial charge in [0.1, 0.15) is 11.2 Å². The zero-order valence-corrected chi connectivity index (χ0v) is 23.1. The zero-order valence-electron chi connectivity index (χ0n) is 23.1. The number of para-hydroxylation sites is 1. The zero-order chi connectivity index (χ0) is 28.1. The predicted molar refractivity (Wildman–Crippen MR) is 152 cm³/mol. The molecule has 2 aliphatic rings. The van der Waals surface area contributed by atoms with E-state index in [2.05, 4.69) is 5.32 Å². The normalized spacial score (nSPS) is 20.8. The van der Waals surface area contributed by atoms with Crippen LogP contribution in [0, 0.1) is 0 Å². The van der Waals surface area contributed by atoms with E-state index in [1.54, 1.807) is 19.2 Å². The first-order chi connectivity index (χ1) is 19.5. The molecule has 7 nitrogen and oxygen atoms in total. The van der Waals surface area contributed by atoms with Gasteiger partial charge in [-0.15, -0.1) is 0 Å². The van der Waals surface area contributed by atoms with Crippen LogP contribution in [0.2, 0.25) is 0 Å². The Balaban J connectivity index is 1.32. The second-order valence-corrected chi connectivity index (χ2v) is 10.4. The number of nitrogens with zero attached hydrogens (tertiary/aromatic N) is 1. The molecular weight excluding hydrogens is 504 g/mol. The van der Waals surface area contributed by atoms with Crippen LogP contribution in [0.1, 0.15) is 65.6 Å². The van der Waals surface area contributed by atoms with Crippen LogP contribution in [0.3, 0.4) is 0 Å². The Morgan fingerprint density at radius 1 is 0.900 bits per heavy atom. The molecule has 1 fully saturated rings. The number of benzene rings is 3. The van der Waals surface area contributed by atoms with Crippen molar-refractivity contribution < 1.29 is 23.9 Å². The van der Waals surface area contributed by atoms with Gasteiger partial charge in [-0.3, -0.25) is 14.4 Å². The molecular formula is C33H36N2O5. The number of piperidine rings is 1. The summed E-state index contributed by atoms with van der Waals surface area (Å²) in [7, 11) is 1.55. The fraction of sp³-hybridized carbons (Fsp3) is 0.364. The standard InChI is InChI=1S/C33H36N2O5/c1-3-40-32(38)33(23-11-5-4-6-12-23)20-17-26(25-13-7-9-15-28(25)33)31(37)35-21-18-24(19-22-35)34-30(36)27-14-8-10-16-29(27)39-2/h4-16,24,26H,3,17-22H2,1-2H3,(H,34,36). The van der Waals surface area contributed by atoms with E-state index in [1.807, 2.05) is 78.6 Å². The lowest BCUT2D eigenvalue weighted by atomic mass is 9.63. The van der Waals surface area contributed by atoms with Crippen LogP contribution >= 0.6 is 0 Å². The topological polar surface area (TPSA) is 84.9 Å². The van der Waals surface area contributed by atoms with Crippen LogP contribution in [0.25, 0.3) is 0 Å². The summed E-state index contributed by atoms with van der Waals surface area (Å²) in [5, 5.41) is 3.11. The van der Waals surface area contributed by atoms with Crippen LogP contribution in [-0.4, -0.2) is 55.5 Å². The number of nitrogens with one attached hydrogen (secondary N) is 1. The highest BCUT2D eigenvalue weighted by Crippen LogP contribution is 2.48. The molecule has 7 heteroatoms. The molecule has 0 bridgehead atoms. The number of rotatable bonds is 7. The van der Waals surface area contributed by atoms with Gasteiger partial charge in [0.15, 0.2) is 0 Å². The summed E-state index contributed by atoms with van der Waals surface area (Å²) in [6, 6.07) is 24.7. The molecule has 2 amide bonds. The third-order valence-electron chi connectivity index (χ3n) is 8.29. The number of fused-ring (bicyclic) bond motifs is 1. The van der Waals surface area contributed by atoms with E-state index in [-0.39, 0.29) is 29.7 Å². The Morgan fingerprint density at radius 2 is 1.57 bits per heavy atom. The molecule has 3 aromatic carbocycles. The Morgan fingerprint density at radius 3 is 2.30 bits per heavy atom. The highest BCUT2D eigenvalue weighted by molar-refractivity contribution is 5.97. The first-order valence-electron chi connectivity index (χ1n) is 14.0.